The molecule has 0 saturated heterocycles. The fraction of sp³-hybridized carbons (Fsp3) is 0.0909. The third-order valence-corrected chi connectivity index (χ3v) is 3.63. The summed E-state index contributed by atoms with van der Waals surface area (Å²) in [5.41, 5.74) is -1.51. The van der Waals surface area contributed by atoms with Gasteiger partial charge in [-0.2, -0.15) is 8.42 Å². The second kappa shape index (κ2) is 5.37. The van der Waals surface area contributed by atoms with Gasteiger partial charge in [0.1, 0.15) is 18.1 Å². The van der Waals surface area contributed by atoms with Crippen LogP contribution in [0.25, 0.3) is 0 Å². The quantitative estimate of drug-likeness (QED) is 0.667. The molecule has 5 nitrogen and oxygen atoms in total. The van der Waals surface area contributed by atoms with Gasteiger partial charge in [0.15, 0.2) is 23.3 Å². The van der Waals surface area contributed by atoms with Gasteiger partial charge >= 0.3 is 0 Å². The van der Waals surface area contributed by atoms with Crippen molar-refractivity contribution in [3.63, 3.8) is 0 Å². The molecule has 0 bridgehead atoms. The first-order valence-corrected chi connectivity index (χ1v) is 6.80. The maximum Gasteiger partial charge on any atom is 0.295 e. The minimum absolute atomic E-state index is 0.0563. The van der Waals surface area contributed by atoms with E-state index in [-0.39, 0.29) is 11.8 Å². The summed E-state index contributed by atoms with van der Waals surface area (Å²) in [6.45, 7) is -0.604. The third kappa shape index (κ3) is 2.85. The lowest BCUT2D eigenvalue weighted by Gasteiger charge is -2.09. The zero-order valence-corrected chi connectivity index (χ0v) is 10.8. The number of halogens is 4. The van der Waals surface area contributed by atoms with E-state index in [1.165, 1.54) is 4.72 Å². The Labute approximate surface area is 115 Å². The lowest BCUT2D eigenvalue weighted by atomic mass is 10.3. The van der Waals surface area contributed by atoms with Crippen LogP contribution >= 0.6 is 0 Å². The zero-order valence-electron chi connectivity index (χ0n) is 10.0. The van der Waals surface area contributed by atoms with Gasteiger partial charge in [0, 0.05) is 6.07 Å². The molecule has 0 saturated carbocycles. The molecule has 0 radical (unpaired) electrons. The minimum Gasteiger partial charge on any atom is -0.445 e. The van der Waals surface area contributed by atoms with Gasteiger partial charge in [-0.3, -0.25) is 4.72 Å². The van der Waals surface area contributed by atoms with E-state index >= 15 is 0 Å². The van der Waals surface area contributed by atoms with Crippen molar-refractivity contribution in [2.24, 2.45) is 0 Å². The summed E-state index contributed by atoms with van der Waals surface area (Å²) in [6.07, 6.45) is 0. The van der Waals surface area contributed by atoms with Crippen LogP contribution in [0.4, 0.5) is 23.2 Å². The lowest BCUT2D eigenvalue weighted by molar-refractivity contribution is 0.236. The Kier molecular flexibility index (Phi) is 3.92. The largest absolute Gasteiger partial charge is 0.445 e. The van der Waals surface area contributed by atoms with Crippen molar-refractivity contribution in [1.82, 2.24) is 0 Å². The molecule has 2 N–H and O–H groups in total. The SMILES string of the molecule is O=S(=O)(Nc1c(F)c(F)cc(F)c1F)c1ccc(CO)o1. The predicted molar refractivity (Wildman–Crippen MR) is 61.7 cm³/mol. The van der Waals surface area contributed by atoms with Crippen molar-refractivity contribution in [3.8, 4) is 0 Å². The molecule has 0 aliphatic heterocycles. The molecule has 0 aliphatic carbocycles. The number of aliphatic hydroxyl groups is 1. The number of rotatable bonds is 4. The van der Waals surface area contributed by atoms with Crippen LogP contribution in [0.2, 0.25) is 0 Å². The van der Waals surface area contributed by atoms with E-state index < -0.39 is 50.7 Å². The second-order valence-electron chi connectivity index (χ2n) is 3.83. The van der Waals surface area contributed by atoms with Gasteiger partial charge in [0.25, 0.3) is 10.0 Å². The molecular weight excluding hydrogens is 318 g/mol. The van der Waals surface area contributed by atoms with Crippen molar-refractivity contribution in [2.45, 2.75) is 11.7 Å². The Morgan fingerprint density at radius 1 is 1.10 bits per heavy atom. The van der Waals surface area contributed by atoms with Crippen LogP contribution in [0, 0.1) is 23.3 Å². The van der Waals surface area contributed by atoms with E-state index in [4.69, 9.17) is 5.11 Å². The first kappa shape index (κ1) is 15.3. The monoisotopic (exact) mass is 325 g/mol. The summed E-state index contributed by atoms with van der Waals surface area (Å²) in [5, 5.41) is 7.96. The number of anilines is 1. The highest BCUT2D eigenvalue weighted by atomic mass is 32.2. The highest BCUT2D eigenvalue weighted by Gasteiger charge is 2.26. The van der Waals surface area contributed by atoms with Crippen molar-refractivity contribution in [2.75, 3.05) is 4.72 Å². The summed E-state index contributed by atoms with van der Waals surface area (Å²) in [5.74, 6) is -7.44. The highest BCUT2D eigenvalue weighted by molar-refractivity contribution is 7.92. The summed E-state index contributed by atoms with van der Waals surface area (Å²) in [7, 11) is -4.62. The van der Waals surface area contributed by atoms with Gasteiger partial charge in [-0.15, -0.1) is 0 Å². The predicted octanol–water partition coefficient (Wildman–Crippen LogP) is 2.13. The Morgan fingerprint density at radius 2 is 1.67 bits per heavy atom. The molecule has 2 rings (SSSR count). The van der Waals surface area contributed by atoms with E-state index in [0.29, 0.717) is 0 Å². The topological polar surface area (TPSA) is 79.5 Å². The molecular formula is C11H7F4NO4S. The molecule has 10 heteroatoms. The Hall–Kier alpha value is -2.07. The summed E-state index contributed by atoms with van der Waals surface area (Å²) < 4.78 is 82.3. The molecule has 2 aromatic rings. The van der Waals surface area contributed by atoms with Gasteiger partial charge in [0.05, 0.1) is 0 Å². The van der Waals surface area contributed by atoms with Gasteiger partial charge in [-0.05, 0) is 12.1 Å². The standard InChI is InChI=1S/C11H7F4NO4S/c12-6-3-7(13)10(15)11(9(6)14)16-21(18,19)8-2-1-5(4-17)20-8/h1-3,16-17H,4H2. The van der Waals surface area contributed by atoms with E-state index in [1.54, 1.807) is 0 Å². The van der Waals surface area contributed by atoms with Crippen molar-refractivity contribution < 1.29 is 35.5 Å². The Morgan fingerprint density at radius 3 is 2.14 bits per heavy atom. The molecule has 114 valence electrons. The van der Waals surface area contributed by atoms with Crippen LogP contribution < -0.4 is 4.72 Å². The fourth-order valence-corrected chi connectivity index (χ4v) is 2.45. The Balaban J connectivity index is 2.46. The number of benzene rings is 1. The molecule has 0 atom stereocenters. The first-order chi connectivity index (χ1) is 9.76. The van der Waals surface area contributed by atoms with Crippen LogP contribution in [-0.2, 0) is 16.6 Å². The van der Waals surface area contributed by atoms with Gasteiger partial charge in [-0.25, -0.2) is 17.6 Å². The van der Waals surface area contributed by atoms with E-state index in [9.17, 15) is 26.0 Å². The molecule has 0 amide bonds. The number of furan rings is 1. The average molecular weight is 325 g/mol. The fourth-order valence-electron chi connectivity index (χ4n) is 1.44. The van der Waals surface area contributed by atoms with Crippen molar-refractivity contribution in [3.05, 3.63) is 47.2 Å². The second-order valence-corrected chi connectivity index (χ2v) is 5.44. The third-order valence-electron chi connectivity index (χ3n) is 2.41. The molecule has 0 aliphatic rings. The van der Waals surface area contributed by atoms with Crippen LogP contribution in [0.5, 0.6) is 0 Å². The molecule has 0 spiro atoms. The lowest BCUT2D eigenvalue weighted by Crippen LogP contribution is -2.16. The molecule has 1 aromatic heterocycles. The van der Waals surface area contributed by atoms with E-state index in [0.717, 1.165) is 12.1 Å². The highest BCUT2D eigenvalue weighted by Crippen LogP contribution is 2.27. The number of hydrogen-bond donors (Lipinski definition) is 2. The number of aliphatic hydroxyl groups excluding tert-OH is 1. The zero-order chi connectivity index (χ0) is 15.8. The van der Waals surface area contributed by atoms with Crippen LogP contribution in [0.1, 0.15) is 5.76 Å². The van der Waals surface area contributed by atoms with Crippen LogP contribution in [0.3, 0.4) is 0 Å². The van der Waals surface area contributed by atoms with E-state index in [2.05, 4.69) is 4.42 Å². The maximum atomic E-state index is 13.4. The van der Waals surface area contributed by atoms with Gasteiger partial charge in [-0.1, -0.05) is 0 Å². The van der Waals surface area contributed by atoms with E-state index in [1.807, 2.05) is 0 Å². The summed E-state index contributed by atoms with van der Waals surface area (Å²) in [4.78, 5) is 0. The summed E-state index contributed by atoms with van der Waals surface area (Å²) >= 11 is 0. The average Bonchev–Trinajstić information content (AvgIpc) is 2.91. The smallest absolute Gasteiger partial charge is 0.295 e. The molecule has 21 heavy (non-hydrogen) atoms. The van der Waals surface area contributed by atoms with Crippen LogP contribution in [0.15, 0.2) is 27.7 Å². The number of hydrogen-bond acceptors (Lipinski definition) is 4. The van der Waals surface area contributed by atoms with Gasteiger partial charge in [0.2, 0.25) is 5.09 Å². The van der Waals surface area contributed by atoms with Crippen molar-refractivity contribution >= 4 is 15.7 Å². The first-order valence-electron chi connectivity index (χ1n) is 5.31. The maximum absolute atomic E-state index is 13.4. The van der Waals surface area contributed by atoms with Crippen LogP contribution in [-0.4, -0.2) is 13.5 Å². The molecule has 1 aromatic carbocycles. The molecule has 0 fully saturated rings. The van der Waals surface area contributed by atoms with Crippen molar-refractivity contribution in [1.29, 1.82) is 0 Å². The summed E-state index contributed by atoms with van der Waals surface area (Å²) in [6, 6.07) is 1.95. The molecule has 1 heterocycles. The van der Waals surface area contributed by atoms with Gasteiger partial charge < -0.3 is 9.52 Å². The number of nitrogens with one attached hydrogen (secondary N) is 1. The Bertz CT molecular complexity index is 762. The minimum atomic E-state index is -4.62. The molecule has 0 unspecified atom stereocenters. The number of sulfonamides is 1. The normalized spacial score (nSPS) is 11.7.